The Morgan fingerprint density at radius 3 is 2.67 bits per heavy atom. The maximum Gasteiger partial charge on any atom is 0.274 e. The van der Waals surface area contributed by atoms with Gasteiger partial charge < -0.3 is 10.6 Å². The van der Waals surface area contributed by atoms with E-state index in [4.69, 9.17) is 5.73 Å². The number of nitrogens with two attached hydrogens (primary N) is 1. The molecule has 0 bridgehead atoms. The second-order valence-electron chi connectivity index (χ2n) is 4.65. The van der Waals surface area contributed by atoms with Crippen LogP contribution in [-0.4, -0.2) is 64.8 Å². The van der Waals surface area contributed by atoms with Gasteiger partial charge in [0.2, 0.25) is 0 Å². The molecule has 1 aliphatic heterocycles. The molecule has 0 aliphatic carbocycles. The van der Waals surface area contributed by atoms with E-state index in [1.165, 1.54) is 0 Å². The second kappa shape index (κ2) is 5.97. The van der Waals surface area contributed by atoms with Crippen molar-refractivity contribution in [1.29, 1.82) is 0 Å². The van der Waals surface area contributed by atoms with Crippen LogP contribution in [0.4, 0.5) is 0 Å². The summed E-state index contributed by atoms with van der Waals surface area (Å²) in [7, 11) is 1.82. The van der Waals surface area contributed by atoms with E-state index in [-0.39, 0.29) is 5.91 Å². The molecule has 1 amide bonds. The Morgan fingerprint density at radius 1 is 1.39 bits per heavy atom. The lowest BCUT2D eigenvalue weighted by molar-refractivity contribution is 0.0630. The standard InChI is InChI=1S/C12H21N5O/c1-15-6-3-11(14-15)12(18)17-9-7-16(8-10-17)5-2-4-13/h3,6H,2,4-5,7-10,13H2,1H3. The van der Waals surface area contributed by atoms with E-state index in [1.807, 2.05) is 11.9 Å². The number of hydrogen-bond donors (Lipinski definition) is 1. The molecule has 0 saturated carbocycles. The molecule has 0 radical (unpaired) electrons. The molecule has 0 atom stereocenters. The van der Waals surface area contributed by atoms with E-state index < -0.39 is 0 Å². The molecule has 1 aromatic heterocycles. The van der Waals surface area contributed by atoms with Gasteiger partial charge in [0.25, 0.3) is 5.91 Å². The van der Waals surface area contributed by atoms with Crippen LogP contribution in [0.1, 0.15) is 16.9 Å². The first kappa shape index (κ1) is 13.0. The minimum atomic E-state index is 0.0362. The quantitative estimate of drug-likeness (QED) is 0.785. The fraction of sp³-hybridized carbons (Fsp3) is 0.667. The fourth-order valence-electron chi connectivity index (χ4n) is 2.18. The second-order valence-corrected chi connectivity index (χ2v) is 4.65. The van der Waals surface area contributed by atoms with Crippen molar-refractivity contribution in [2.45, 2.75) is 6.42 Å². The van der Waals surface area contributed by atoms with E-state index in [9.17, 15) is 4.79 Å². The Morgan fingerprint density at radius 2 is 2.11 bits per heavy atom. The van der Waals surface area contributed by atoms with Gasteiger partial charge in [-0.15, -0.1) is 0 Å². The van der Waals surface area contributed by atoms with Crippen molar-refractivity contribution >= 4 is 5.91 Å². The average molecular weight is 251 g/mol. The number of amides is 1. The predicted octanol–water partition coefficient (Wildman–Crippen LogP) is -0.473. The largest absolute Gasteiger partial charge is 0.335 e. The van der Waals surface area contributed by atoms with Crippen molar-refractivity contribution in [2.24, 2.45) is 12.8 Å². The van der Waals surface area contributed by atoms with E-state index in [1.54, 1.807) is 16.9 Å². The highest BCUT2D eigenvalue weighted by molar-refractivity contribution is 5.92. The van der Waals surface area contributed by atoms with Crippen molar-refractivity contribution < 1.29 is 4.79 Å². The minimum Gasteiger partial charge on any atom is -0.335 e. The van der Waals surface area contributed by atoms with E-state index >= 15 is 0 Å². The number of piperazine rings is 1. The molecule has 0 unspecified atom stereocenters. The Hall–Kier alpha value is -1.40. The van der Waals surface area contributed by atoms with Crippen LogP contribution in [0, 0.1) is 0 Å². The maximum atomic E-state index is 12.1. The zero-order valence-corrected chi connectivity index (χ0v) is 10.9. The van der Waals surface area contributed by atoms with Crippen molar-refractivity contribution in [2.75, 3.05) is 39.3 Å². The number of hydrogen-bond acceptors (Lipinski definition) is 4. The summed E-state index contributed by atoms with van der Waals surface area (Å²) in [6.45, 7) is 5.17. The molecule has 18 heavy (non-hydrogen) atoms. The average Bonchev–Trinajstić information content (AvgIpc) is 2.83. The number of rotatable bonds is 4. The normalized spacial score (nSPS) is 17.1. The summed E-state index contributed by atoms with van der Waals surface area (Å²) in [4.78, 5) is 16.4. The summed E-state index contributed by atoms with van der Waals surface area (Å²) in [6, 6.07) is 1.77. The molecule has 100 valence electrons. The third-order valence-corrected chi connectivity index (χ3v) is 3.27. The number of carbonyl (C=O) groups excluding carboxylic acids is 1. The Balaban J connectivity index is 1.84. The van der Waals surface area contributed by atoms with Gasteiger partial charge in [-0.1, -0.05) is 0 Å². The Bertz CT molecular complexity index is 395. The lowest BCUT2D eigenvalue weighted by Gasteiger charge is -2.34. The van der Waals surface area contributed by atoms with Crippen LogP contribution < -0.4 is 5.73 Å². The van der Waals surface area contributed by atoms with E-state index in [2.05, 4.69) is 10.00 Å². The first-order chi connectivity index (χ1) is 8.70. The summed E-state index contributed by atoms with van der Waals surface area (Å²) in [5, 5.41) is 4.15. The van der Waals surface area contributed by atoms with Gasteiger partial charge in [-0.25, -0.2) is 0 Å². The van der Waals surface area contributed by atoms with Gasteiger partial charge in [-0.2, -0.15) is 5.10 Å². The van der Waals surface area contributed by atoms with Crippen LogP contribution in [0.3, 0.4) is 0 Å². The maximum absolute atomic E-state index is 12.1. The monoisotopic (exact) mass is 251 g/mol. The van der Waals surface area contributed by atoms with Gasteiger partial charge in [0.1, 0.15) is 5.69 Å². The Labute approximate surface area is 107 Å². The van der Waals surface area contributed by atoms with Crippen molar-refractivity contribution in [3.63, 3.8) is 0 Å². The van der Waals surface area contributed by atoms with Gasteiger partial charge in [0.05, 0.1) is 0 Å². The van der Waals surface area contributed by atoms with Crippen LogP contribution in [0.2, 0.25) is 0 Å². The molecular formula is C12H21N5O. The van der Waals surface area contributed by atoms with Crippen molar-refractivity contribution in [3.05, 3.63) is 18.0 Å². The minimum absolute atomic E-state index is 0.0362. The molecule has 6 nitrogen and oxygen atoms in total. The first-order valence-corrected chi connectivity index (χ1v) is 6.42. The van der Waals surface area contributed by atoms with Crippen LogP contribution in [-0.2, 0) is 7.05 Å². The molecule has 1 fully saturated rings. The van der Waals surface area contributed by atoms with Gasteiger partial charge in [0, 0.05) is 39.4 Å². The molecule has 6 heteroatoms. The molecule has 2 N–H and O–H groups in total. The Kier molecular flexibility index (Phi) is 4.33. The highest BCUT2D eigenvalue weighted by atomic mass is 16.2. The third kappa shape index (κ3) is 3.08. The molecule has 1 aliphatic rings. The summed E-state index contributed by atoms with van der Waals surface area (Å²) >= 11 is 0. The molecule has 2 heterocycles. The molecular weight excluding hydrogens is 230 g/mol. The van der Waals surface area contributed by atoms with Gasteiger partial charge >= 0.3 is 0 Å². The van der Waals surface area contributed by atoms with Gasteiger partial charge in [0.15, 0.2) is 0 Å². The first-order valence-electron chi connectivity index (χ1n) is 6.42. The third-order valence-electron chi connectivity index (χ3n) is 3.27. The van der Waals surface area contributed by atoms with Gasteiger partial charge in [-0.05, 0) is 25.6 Å². The van der Waals surface area contributed by atoms with Crippen LogP contribution in [0.5, 0.6) is 0 Å². The molecule has 0 aromatic carbocycles. The molecule has 1 saturated heterocycles. The smallest absolute Gasteiger partial charge is 0.274 e. The van der Waals surface area contributed by atoms with Crippen LogP contribution >= 0.6 is 0 Å². The number of aromatic nitrogens is 2. The predicted molar refractivity (Wildman–Crippen MR) is 69.2 cm³/mol. The van der Waals surface area contributed by atoms with Gasteiger partial charge in [-0.3, -0.25) is 14.4 Å². The van der Waals surface area contributed by atoms with Crippen molar-refractivity contribution in [1.82, 2.24) is 19.6 Å². The van der Waals surface area contributed by atoms with Crippen molar-refractivity contribution in [3.8, 4) is 0 Å². The summed E-state index contributed by atoms with van der Waals surface area (Å²) in [5.41, 5.74) is 6.03. The fourth-order valence-corrected chi connectivity index (χ4v) is 2.18. The number of aryl methyl sites for hydroxylation is 1. The topological polar surface area (TPSA) is 67.4 Å². The lowest BCUT2D eigenvalue weighted by Crippen LogP contribution is -2.49. The lowest BCUT2D eigenvalue weighted by atomic mass is 10.2. The summed E-state index contributed by atoms with van der Waals surface area (Å²) in [5.74, 6) is 0.0362. The highest BCUT2D eigenvalue weighted by Gasteiger charge is 2.22. The van der Waals surface area contributed by atoms with E-state index in [0.29, 0.717) is 5.69 Å². The molecule has 0 spiro atoms. The zero-order chi connectivity index (χ0) is 13.0. The van der Waals surface area contributed by atoms with Crippen LogP contribution in [0.25, 0.3) is 0 Å². The summed E-state index contributed by atoms with van der Waals surface area (Å²) in [6.07, 6.45) is 2.82. The summed E-state index contributed by atoms with van der Waals surface area (Å²) < 4.78 is 1.66. The zero-order valence-electron chi connectivity index (χ0n) is 10.9. The number of carbonyl (C=O) groups is 1. The SMILES string of the molecule is Cn1ccc(C(=O)N2CCN(CCCN)CC2)n1. The highest BCUT2D eigenvalue weighted by Crippen LogP contribution is 2.07. The molecule has 2 rings (SSSR count). The number of nitrogens with zero attached hydrogens (tertiary/aromatic N) is 4. The van der Waals surface area contributed by atoms with E-state index in [0.717, 1.165) is 45.7 Å². The molecule has 1 aromatic rings. The van der Waals surface area contributed by atoms with Crippen LogP contribution in [0.15, 0.2) is 12.3 Å².